The van der Waals surface area contributed by atoms with Gasteiger partial charge in [-0.15, -0.1) is 11.8 Å². The number of likely N-dealkylation sites (tertiary alicyclic amines) is 1. The van der Waals surface area contributed by atoms with Crippen LogP contribution in [0.25, 0.3) is 0 Å². The van der Waals surface area contributed by atoms with Gasteiger partial charge in [0, 0.05) is 23.6 Å². The summed E-state index contributed by atoms with van der Waals surface area (Å²) in [6.45, 7) is -0.0348. The average molecular weight is 391 g/mol. The van der Waals surface area contributed by atoms with Crippen LogP contribution in [-0.2, 0) is 19.1 Å². The summed E-state index contributed by atoms with van der Waals surface area (Å²) < 4.78 is 5.12. The number of amides is 3. The first-order valence-corrected chi connectivity index (χ1v) is 9.77. The Morgan fingerprint density at radius 2 is 2.11 bits per heavy atom. The van der Waals surface area contributed by atoms with E-state index >= 15 is 0 Å². The van der Waals surface area contributed by atoms with E-state index in [0.717, 1.165) is 17.7 Å². The van der Waals surface area contributed by atoms with Crippen LogP contribution < -0.4 is 11.1 Å². The number of primary amides is 1. The lowest BCUT2D eigenvalue weighted by atomic mass is 10.0. The predicted molar refractivity (Wildman–Crippen MR) is 99.2 cm³/mol. The summed E-state index contributed by atoms with van der Waals surface area (Å²) in [4.78, 5) is 50.1. The third-order valence-corrected chi connectivity index (χ3v) is 5.63. The van der Waals surface area contributed by atoms with Crippen LogP contribution >= 0.6 is 11.8 Å². The SMILES string of the molecule is NC(=O)[C@H]1CCCCN1C(=O)COC(=O)c1ccc2c(c1)NC(=O)CCS2. The molecule has 1 aromatic rings. The predicted octanol–water partition coefficient (Wildman–Crippen LogP) is 1.14. The van der Waals surface area contributed by atoms with Crippen molar-refractivity contribution in [3.8, 4) is 0 Å². The molecule has 2 aliphatic rings. The van der Waals surface area contributed by atoms with Crippen LogP contribution in [0.5, 0.6) is 0 Å². The second-order valence-corrected chi connectivity index (χ2v) is 7.57. The molecule has 1 aromatic carbocycles. The highest BCUT2D eigenvalue weighted by molar-refractivity contribution is 7.99. The lowest BCUT2D eigenvalue weighted by Gasteiger charge is -2.33. The maximum absolute atomic E-state index is 12.4. The Hall–Kier alpha value is -2.55. The number of nitrogens with one attached hydrogen (secondary N) is 1. The minimum absolute atomic E-state index is 0.107. The van der Waals surface area contributed by atoms with Crippen LogP contribution in [0.4, 0.5) is 5.69 Å². The minimum atomic E-state index is -0.665. The molecule has 1 atom stereocenters. The van der Waals surface area contributed by atoms with Crippen molar-refractivity contribution in [1.29, 1.82) is 0 Å². The number of hydrogen-bond donors (Lipinski definition) is 2. The van der Waals surface area contributed by atoms with Crippen molar-refractivity contribution in [2.75, 3.05) is 24.2 Å². The van der Waals surface area contributed by atoms with Gasteiger partial charge in [-0.1, -0.05) is 0 Å². The third-order valence-electron chi connectivity index (χ3n) is 4.55. The van der Waals surface area contributed by atoms with Crippen molar-refractivity contribution in [3.05, 3.63) is 23.8 Å². The van der Waals surface area contributed by atoms with Crippen molar-refractivity contribution >= 4 is 41.1 Å². The van der Waals surface area contributed by atoms with E-state index in [-0.39, 0.29) is 11.5 Å². The molecule has 3 rings (SSSR count). The summed E-state index contributed by atoms with van der Waals surface area (Å²) in [5.41, 5.74) is 6.16. The molecule has 8 nitrogen and oxygen atoms in total. The number of carbonyl (C=O) groups is 4. The lowest BCUT2D eigenvalue weighted by molar-refractivity contribution is -0.143. The fourth-order valence-electron chi connectivity index (χ4n) is 3.17. The first-order chi connectivity index (χ1) is 13.0. The highest BCUT2D eigenvalue weighted by atomic mass is 32.2. The monoisotopic (exact) mass is 391 g/mol. The number of anilines is 1. The molecule has 1 fully saturated rings. The van der Waals surface area contributed by atoms with E-state index in [9.17, 15) is 19.2 Å². The van der Waals surface area contributed by atoms with Crippen molar-refractivity contribution in [2.24, 2.45) is 5.73 Å². The molecular formula is C18H21N3O5S. The van der Waals surface area contributed by atoms with Crippen LogP contribution in [-0.4, -0.2) is 53.5 Å². The number of nitrogens with zero attached hydrogens (tertiary/aromatic N) is 1. The number of thioether (sulfide) groups is 1. The number of ether oxygens (including phenoxy) is 1. The van der Waals surface area contributed by atoms with Crippen molar-refractivity contribution in [2.45, 2.75) is 36.6 Å². The number of carbonyl (C=O) groups excluding carboxylic acids is 4. The van der Waals surface area contributed by atoms with Gasteiger partial charge in [-0.05, 0) is 37.5 Å². The number of esters is 1. The molecule has 144 valence electrons. The van der Waals surface area contributed by atoms with Crippen molar-refractivity contribution in [1.82, 2.24) is 4.90 Å². The van der Waals surface area contributed by atoms with E-state index in [4.69, 9.17) is 10.5 Å². The van der Waals surface area contributed by atoms with E-state index in [1.54, 1.807) is 18.2 Å². The average Bonchev–Trinajstić information content (AvgIpc) is 2.85. The Kier molecular flexibility index (Phi) is 6.00. The van der Waals surface area contributed by atoms with Crippen LogP contribution in [0.15, 0.2) is 23.1 Å². The van der Waals surface area contributed by atoms with Gasteiger partial charge in [0.1, 0.15) is 6.04 Å². The van der Waals surface area contributed by atoms with Crippen LogP contribution in [0.2, 0.25) is 0 Å². The third kappa shape index (κ3) is 4.60. The fourth-order valence-corrected chi connectivity index (χ4v) is 4.10. The van der Waals surface area contributed by atoms with Gasteiger partial charge in [-0.3, -0.25) is 14.4 Å². The van der Waals surface area contributed by atoms with Gasteiger partial charge >= 0.3 is 5.97 Å². The smallest absolute Gasteiger partial charge is 0.338 e. The Labute approximate surface area is 160 Å². The van der Waals surface area contributed by atoms with E-state index in [0.29, 0.717) is 30.8 Å². The van der Waals surface area contributed by atoms with E-state index in [2.05, 4.69) is 5.32 Å². The second-order valence-electron chi connectivity index (χ2n) is 6.43. The molecule has 0 aromatic heterocycles. The zero-order valence-electron chi connectivity index (χ0n) is 14.7. The number of hydrogen-bond acceptors (Lipinski definition) is 6. The number of fused-ring (bicyclic) bond motifs is 1. The summed E-state index contributed by atoms with van der Waals surface area (Å²) in [6, 6.07) is 4.25. The van der Waals surface area contributed by atoms with Gasteiger partial charge in [-0.25, -0.2) is 4.79 Å². The molecule has 27 heavy (non-hydrogen) atoms. The fraction of sp³-hybridized carbons (Fsp3) is 0.444. The van der Waals surface area contributed by atoms with Gasteiger partial charge in [0.15, 0.2) is 6.61 Å². The van der Waals surface area contributed by atoms with E-state index in [1.165, 1.54) is 16.7 Å². The molecule has 0 spiro atoms. The number of benzene rings is 1. The van der Waals surface area contributed by atoms with Gasteiger partial charge in [0.05, 0.1) is 11.3 Å². The van der Waals surface area contributed by atoms with Crippen LogP contribution in [0.3, 0.4) is 0 Å². The molecule has 1 saturated heterocycles. The van der Waals surface area contributed by atoms with Gasteiger partial charge in [-0.2, -0.15) is 0 Å². The molecule has 0 saturated carbocycles. The zero-order valence-corrected chi connectivity index (χ0v) is 15.5. The maximum Gasteiger partial charge on any atom is 0.338 e. The molecule has 0 aliphatic carbocycles. The lowest BCUT2D eigenvalue weighted by Crippen LogP contribution is -2.51. The Morgan fingerprint density at radius 1 is 1.30 bits per heavy atom. The molecule has 2 aliphatic heterocycles. The van der Waals surface area contributed by atoms with Crippen molar-refractivity contribution < 1.29 is 23.9 Å². The van der Waals surface area contributed by atoms with Crippen molar-refractivity contribution in [3.63, 3.8) is 0 Å². The molecule has 0 bridgehead atoms. The molecule has 9 heteroatoms. The summed E-state index contributed by atoms with van der Waals surface area (Å²) in [5.74, 6) is -1.08. The summed E-state index contributed by atoms with van der Waals surface area (Å²) >= 11 is 1.53. The number of nitrogens with two attached hydrogens (primary N) is 1. The largest absolute Gasteiger partial charge is 0.452 e. The standard InChI is InChI=1S/C18H21N3O5S/c19-17(24)13-3-1-2-7-21(13)16(23)10-26-18(25)11-4-5-14-12(9-11)20-15(22)6-8-27-14/h4-5,9,13H,1-3,6-8,10H2,(H2,19,24)(H,20,22)/t13-/m1/s1. The molecule has 0 radical (unpaired) electrons. The molecule has 3 N–H and O–H groups in total. The summed E-state index contributed by atoms with van der Waals surface area (Å²) in [5, 5.41) is 2.76. The zero-order chi connectivity index (χ0) is 19.4. The Morgan fingerprint density at radius 3 is 2.89 bits per heavy atom. The topological polar surface area (TPSA) is 119 Å². The Bertz CT molecular complexity index is 782. The molecular weight excluding hydrogens is 370 g/mol. The van der Waals surface area contributed by atoms with Gasteiger partial charge in [0.2, 0.25) is 11.8 Å². The number of rotatable bonds is 4. The number of piperidine rings is 1. The normalized spacial score (nSPS) is 19.5. The molecule has 2 heterocycles. The van der Waals surface area contributed by atoms with Crippen LogP contribution in [0, 0.1) is 0 Å². The first-order valence-electron chi connectivity index (χ1n) is 8.78. The first kappa shape index (κ1) is 19.2. The Balaban J connectivity index is 1.63. The summed E-state index contributed by atoms with van der Waals surface area (Å²) in [6.07, 6.45) is 2.55. The highest BCUT2D eigenvalue weighted by Gasteiger charge is 2.31. The molecule has 3 amide bonds. The quantitative estimate of drug-likeness (QED) is 0.743. The molecule has 0 unspecified atom stereocenters. The van der Waals surface area contributed by atoms with E-state index < -0.39 is 30.4 Å². The van der Waals surface area contributed by atoms with E-state index in [1.807, 2.05) is 0 Å². The van der Waals surface area contributed by atoms with Crippen LogP contribution in [0.1, 0.15) is 36.0 Å². The minimum Gasteiger partial charge on any atom is -0.452 e. The second kappa shape index (κ2) is 8.43. The highest BCUT2D eigenvalue weighted by Crippen LogP contribution is 2.31. The van der Waals surface area contributed by atoms with Gasteiger partial charge in [0.25, 0.3) is 5.91 Å². The van der Waals surface area contributed by atoms with Gasteiger partial charge < -0.3 is 20.7 Å². The maximum atomic E-state index is 12.4. The summed E-state index contributed by atoms with van der Waals surface area (Å²) in [7, 11) is 0.